The van der Waals surface area contributed by atoms with Crippen molar-refractivity contribution in [2.75, 3.05) is 6.54 Å². The van der Waals surface area contributed by atoms with Crippen LogP contribution >= 0.6 is 0 Å². The van der Waals surface area contributed by atoms with Gasteiger partial charge in [-0.05, 0) is 22.8 Å². The Kier molecular flexibility index (Phi) is 2.14. The second-order valence-corrected chi connectivity index (χ2v) is 4.26. The van der Waals surface area contributed by atoms with Crippen molar-refractivity contribution in [1.82, 2.24) is 5.01 Å². The largest absolute Gasteiger partial charge is 0.369 e. The standard InChI is InChI=1S/C13H14N4/c14-13(15)16-17-7-10-5-1-3-9-4-2-6-11(8-17)12(9)10/h1-3,5-7H,4,8H2,(H4,14,15,16). The molecule has 0 amide bonds. The van der Waals surface area contributed by atoms with Gasteiger partial charge in [-0.1, -0.05) is 30.4 Å². The maximum absolute atomic E-state index is 5.41. The van der Waals surface area contributed by atoms with Gasteiger partial charge < -0.3 is 11.5 Å². The molecule has 2 aliphatic rings. The Labute approximate surface area is 99.2 Å². The van der Waals surface area contributed by atoms with E-state index in [1.807, 2.05) is 6.20 Å². The second-order valence-electron chi connectivity index (χ2n) is 4.26. The summed E-state index contributed by atoms with van der Waals surface area (Å²) in [6.07, 6.45) is 7.33. The lowest BCUT2D eigenvalue weighted by atomic mass is 9.96. The van der Waals surface area contributed by atoms with Gasteiger partial charge in [0.2, 0.25) is 5.96 Å². The summed E-state index contributed by atoms with van der Waals surface area (Å²) in [6, 6.07) is 6.33. The first-order chi connectivity index (χ1) is 8.24. The van der Waals surface area contributed by atoms with Gasteiger partial charge in [0, 0.05) is 11.4 Å². The fraction of sp³-hybridized carbons (Fsp3) is 0.154. The molecule has 17 heavy (non-hydrogen) atoms. The molecule has 1 aliphatic heterocycles. The molecule has 4 N–H and O–H groups in total. The van der Waals surface area contributed by atoms with Gasteiger partial charge in [0.25, 0.3) is 0 Å². The van der Waals surface area contributed by atoms with Crippen LogP contribution in [0.3, 0.4) is 0 Å². The number of guanidine groups is 1. The number of nitrogens with two attached hydrogens (primary N) is 2. The first-order valence-corrected chi connectivity index (χ1v) is 5.60. The van der Waals surface area contributed by atoms with Crippen molar-refractivity contribution in [1.29, 1.82) is 0 Å². The Morgan fingerprint density at radius 3 is 3.00 bits per heavy atom. The molecule has 1 aromatic rings. The minimum atomic E-state index is 0.0845. The third-order valence-electron chi connectivity index (χ3n) is 3.03. The van der Waals surface area contributed by atoms with Crippen LogP contribution in [0.4, 0.5) is 0 Å². The van der Waals surface area contributed by atoms with Crippen molar-refractivity contribution in [2.24, 2.45) is 16.6 Å². The average molecular weight is 226 g/mol. The highest BCUT2D eigenvalue weighted by atomic mass is 15.5. The second kappa shape index (κ2) is 3.66. The molecule has 0 fully saturated rings. The van der Waals surface area contributed by atoms with E-state index in [2.05, 4.69) is 35.5 Å². The normalized spacial score (nSPS) is 16.2. The summed E-state index contributed by atoms with van der Waals surface area (Å²) in [4.78, 5) is 0. The summed E-state index contributed by atoms with van der Waals surface area (Å²) in [5.41, 5.74) is 13.5. The van der Waals surface area contributed by atoms with E-state index in [0.29, 0.717) is 0 Å². The van der Waals surface area contributed by atoms with Crippen molar-refractivity contribution >= 4 is 17.7 Å². The highest BCUT2D eigenvalue weighted by Crippen LogP contribution is 2.11. The molecule has 4 heteroatoms. The lowest BCUT2D eigenvalue weighted by Gasteiger charge is -2.22. The van der Waals surface area contributed by atoms with Gasteiger partial charge in [0.1, 0.15) is 0 Å². The maximum atomic E-state index is 5.41. The van der Waals surface area contributed by atoms with Crippen LogP contribution < -0.4 is 21.9 Å². The van der Waals surface area contributed by atoms with Crippen LogP contribution in [0.15, 0.2) is 35.5 Å². The van der Waals surface area contributed by atoms with Gasteiger partial charge in [0.05, 0.1) is 6.54 Å². The SMILES string of the molecule is NC(N)=NN1C=c2cccc3c2=C(C=CC3)C1. The topological polar surface area (TPSA) is 67.6 Å². The molecule has 4 nitrogen and oxygen atoms in total. The van der Waals surface area contributed by atoms with Crippen molar-refractivity contribution < 1.29 is 0 Å². The first-order valence-electron chi connectivity index (χ1n) is 5.60. The minimum absolute atomic E-state index is 0.0845. The van der Waals surface area contributed by atoms with Crippen LogP contribution in [0.2, 0.25) is 0 Å². The van der Waals surface area contributed by atoms with E-state index in [1.54, 1.807) is 5.01 Å². The predicted octanol–water partition coefficient (Wildman–Crippen LogP) is -0.808. The minimum Gasteiger partial charge on any atom is -0.369 e. The van der Waals surface area contributed by atoms with Crippen LogP contribution in [0.1, 0.15) is 5.56 Å². The van der Waals surface area contributed by atoms with E-state index in [1.165, 1.54) is 21.6 Å². The van der Waals surface area contributed by atoms with Crippen LogP contribution in [0.5, 0.6) is 0 Å². The monoisotopic (exact) mass is 226 g/mol. The number of hydrazone groups is 1. The highest BCUT2D eigenvalue weighted by Gasteiger charge is 2.13. The molecule has 0 saturated carbocycles. The summed E-state index contributed by atoms with van der Waals surface area (Å²) < 4.78 is 0. The molecule has 1 heterocycles. The van der Waals surface area contributed by atoms with E-state index < -0.39 is 0 Å². The van der Waals surface area contributed by atoms with Crippen molar-refractivity contribution in [3.63, 3.8) is 0 Å². The van der Waals surface area contributed by atoms with Gasteiger partial charge >= 0.3 is 0 Å². The molecule has 0 atom stereocenters. The van der Waals surface area contributed by atoms with Gasteiger partial charge in [-0.2, -0.15) is 0 Å². The Morgan fingerprint density at radius 1 is 1.29 bits per heavy atom. The summed E-state index contributed by atoms with van der Waals surface area (Å²) in [5.74, 6) is 0.0845. The zero-order chi connectivity index (χ0) is 11.8. The number of allylic oxidation sites excluding steroid dienone is 1. The zero-order valence-corrected chi connectivity index (χ0v) is 9.43. The smallest absolute Gasteiger partial charge is 0.209 e. The van der Waals surface area contributed by atoms with Crippen molar-refractivity contribution in [2.45, 2.75) is 6.42 Å². The third kappa shape index (κ3) is 1.67. The molecule has 0 aromatic heterocycles. The lowest BCUT2D eigenvalue weighted by Crippen LogP contribution is -2.41. The molecule has 86 valence electrons. The molecule has 1 aliphatic carbocycles. The number of benzene rings is 1. The predicted molar refractivity (Wildman–Crippen MR) is 68.9 cm³/mol. The van der Waals surface area contributed by atoms with Crippen LogP contribution in [0, 0.1) is 0 Å². The fourth-order valence-electron chi connectivity index (χ4n) is 2.43. The van der Waals surface area contributed by atoms with Crippen molar-refractivity contribution in [3.8, 4) is 0 Å². The highest BCUT2D eigenvalue weighted by molar-refractivity contribution is 5.76. The summed E-state index contributed by atoms with van der Waals surface area (Å²) >= 11 is 0. The number of hydrogen-bond acceptors (Lipinski definition) is 2. The van der Waals surface area contributed by atoms with E-state index >= 15 is 0 Å². The van der Waals surface area contributed by atoms with E-state index in [-0.39, 0.29) is 5.96 Å². The number of nitrogens with zero attached hydrogens (tertiary/aromatic N) is 2. The van der Waals surface area contributed by atoms with Gasteiger partial charge in [-0.25, -0.2) is 0 Å². The number of hydrogen-bond donors (Lipinski definition) is 2. The molecule has 0 saturated heterocycles. The van der Waals surface area contributed by atoms with Crippen LogP contribution in [0.25, 0.3) is 11.8 Å². The van der Waals surface area contributed by atoms with Crippen LogP contribution in [-0.2, 0) is 6.42 Å². The quantitative estimate of drug-likeness (QED) is 0.486. The van der Waals surface area contributed by atoms with Gasteiger partial charge in [-0.15, -0.1) is 5.10 Å². The van der Waals surface area contributed by atoms with E-state index in [9.17, 15) is 0 Å². The molecular formula is C13H14N4. The Balaban J connectivity index is 2.23. The summed E-state index contributed by atoms with van der Waals surface area (Å²) in [5, 5.41) is 8.39. The maximum Gasteiger partial charge on any atom is 0.209 e. The molecule has 0 spiro atoms. The third-order valence-corrected chi connectivity index (χ3v) is 3.03. The van der Waals surface area contributed by atoms with E-state index in [4.69, 9.17) is 11.5 Å². The first kappa shape index (κ1) is 9.96. The molecule has 1 aromatic carbocycles. The molecule has 0 radical (unpaired) electrons. The lowest BCUT2D eigenvalue weighted by molar-refractivity contribution is 0.485. The molecule has 3 rings (SSSR count). The van der Waals surface area contributed by atoms with Gasteiger partial charge in [0.15, 0.2) is 0 Å². The Bertz CT molecular complexity index is 636. The number of rotatable bonds is 1. The van der Waals surface area contributed by atoms with Gasteiger partial charge in [-0.3, -0.25) is 5.01 Å². The Hall–Kier alpha value is -2.23. The summed E-state index contributed by atoms with van der Waals surface area (Å²) in [6.45, 7) is 0.721. The van der Waals surface area contributed by atoms with Crippen LogP contribution in [-0.4, -0.2) is 17.5 Å². The average Bonchev–Trinajstić information content (AvgIpc) is 2.28. The fourth-order valence-corrected chi connectivity index (χ4v) is 2.43. The van der Waals surface area contributed by atoms with E-state index in [0.717, 1.165) is 13.0 Å². The Morgan fingerprint density at radius 2 is 2.18 bits per heavy atom. The summed E-state index contributed by atoms with van der Waals surface area (Å²) in [7, 11) is 0. The zero-order valence-electron chi connectivity index (χ0n) is 9.43. The van der Waals surface area contributed by atoms with Crippen molar-refractivity contribution in [3.05, 3.63) is 46.4 Å². The molecule has 0 bridgehead atoms. The molecule has 0 unspecified atom stereocenters. The molecular weight excluding hydrogens is 212 g/mol.